The van der Waals surface area contributed by atoms with Crippen molar-refractivity contribution in [2.45, 2.75) is 6.92 Å². The van der Waals surface area contributed by atoms with Crippen LogP contribution in [0.4, 0.5) is 21.6 Å². The summed E-state index contributed by atoms with van der Waals surface area (Å²) in [6.07, 6.45) is 1.59. The summed E-state index contributed by atoms with van der Waals surface area (Å²) in [4.78, 5) is 16.8. The topological polar surface area (TPSA) is 54.0 Å². The number of pyridine rings is 1. The molecule has 3 rings (SSSR count). The number of carbonyl (C=O) groups excluding carboxylic acids is 1. The molecule has 0 unspecified atom stereocenters. The Morgan fingerprint density at radius 1 is 1.00 bits per heavy atom. The summed E-state index contributed by atoms with van der Waals surface area (Å²) in [5.41, 5.74) is 2.84. The van der Waals surface area contributed by atoms with E-state index in [1.54, 1.807) is 30.5 Å². The standard InChI is InChI=1S/C19H16FN3O/c1-13-4-2-5-16(12-13)23-19(24)17-6-3-11-21-18(17)22-15-9-7-14(20)8-10-15/h2-12H,1H3,(H,21,22)(H,23,24). The van der Waals surface area contributed by atoms with Crippen molar-refractivity contribution >= 4 is 23.1 Å². The SMILES string of the molecule is Cc1cccc(NC(=O)c2cccnc2Nc2ccc(F)cc2)c1. The average Bonchev–Trinajstić information content (AvgIpc) is 2.57. The molecular formula is C19H16FN3O. The van der Waals surface area contributed by atoms with Gasteiger partial charge in [0.15, 0.2) is 0 Å². The number of benzene rings is 2. The van der Waals surface area contributed by atoms with Crippen LogP contribution in [0, 0.1) is 12.7 Å². The summed E-state index contributed by atoms with van der Waals surface area (Å²) in [5.74, 6) is -0.174. The molecule has 0 atom stereocenters. The minimum atomic E-state index is -0.320. The average molecular weight is 321 g/mol. The van der Waals surface area contributed by atoms with Gasteiger partial charge >= 0.3 is 0 Å². The summed E-state index contributed by atoms with van der Waals surface area (Å²) in [5, 5.41) is 5.89. The maximum Gasteiger partial charge on any atom is 0.259 e. The maximum atomic E-state index is 13.0. The fraction of sp³-hybridized carbons (Fsp3) is 0.0526. The minimum Gasteiger partial charge on any atom is -0.340 e. The van der Waals surface area contributed by atoms with Gasteiger partial charge < -0.3 is 10.6 Å². The molecule has 1 heterocycles. The molecule has 4 nitrogen and oxygen atoms in total. The molecule has 0 aliphatic carbocycles. The zero-order valence-electron chi connectivity index (χ0n) is 13.1. The zero-order valence-corrected chi connectivity index (χ0v) is 13.1. The number of aryl methyl sites for hydroxylation is 1. The molecular weight excluding hydrogens is 305 g/mol. The summed E-state index contributed by atoms with van der Waals surface area (Å²) >= 11 is 0. The molecule has 0 aliphatic rings. The van der Waals surface area contributed by atoms with Gasteiger partial charge in [-0.05, 0) is 61.0 Å². The van der Waals surface area contributed by atoms with Crippen LogP contribution in [0.3, 0.4) is 0 Å². The van der Waals surface area contributed by atoms with Crippen molar-refractivity contribution in [1.82, 2.24) is 4.98 Å². The number of hydrogen-bond donors (Lipinski definition) is 2. The van der Waals surface area contributed by atoms with E-state index in [0.29, 0.717) is 17.1 Å². The first-order valence-electron chi connectivity index (χ1n) is 7.47. The highest BCUT2D eigenvalue weighted by Crippen LogP contribution is 2.20. The first-order valence-corrected chi connectivity index (χ1v) is 7.47. The second-order valence-electron chi connectivity index (χ2n) is 5.36. The summed E-state index contributed by atoms with van der Waals surface area (Å²) in [7, 11) is 0. The normalized spacial score (nSPS) is 10.2. The number of anilines is 3. The molecule has 0 radical (unpaired) electrons. The van der Waals surface area contributed by atoms with Crippen molar-refractivity contribution in [3.8, 4) is 0 Å². The zero-order chi connectivity index (χ0) is 16.9. The molecule has 0 saturated heterocycles. The Balaban J connectivity index is 1.83. The molecule has 0 saturated carbocycles. The molecule has 3 aromatic rings. The van der Waals surface area contributed by atoms with Gasteiger partial charge in [-0.1, -0.05) is 12.1 Å². The fourth-order valence-electron chi connectivity index (χ4n) is 2.28. The molecule has 1 aromatic heterocycles. The third-order valence-electron chi connectivity index (χ3n) is 3.44. The van der Waals surface area contributed by atoms with E-state index in [2.05, 4.69) is 15.6 Å². The number of nitrogens with zero attached hydrogens (tertiary/aromatic N) is 1. The van der Waals surface area contributed by atoms with Gasteiger partial charge in [0, 0.05) is 17.6 Å². The van der Waals surface area contributed by atoms with Gasteiger partial charge in [-0.25, -0.2) is 9.37 Å². The van der Waals surface area contributed by atoms with Crippen molar-refractivity contribution in [3.05, 3.63) is 83.8 Å². The van der Waals surface area contributed by atoms with Crippen LogP contribution in [-0.4, -0.2) is 10.9 Å². The van der Waals surface area contributed by atoms with E-state index >= 15 is 0 Å². The predicted octanol–water partition coefficient (Wildman–Crippen LogP) is 4.53. The number of nitrogens with one attached hydrogen (secondary N) is 2. The quantitative estimate of drug-likeness (QED) is 0.742. The van der Waals surface area contributed by atoms with Gasteiger partial charge in [0.2, 0.25) is 0 Å². The van der Waals surface area contributed by atoms with Gasteiger partial charge in [0.05, 0.1) is 5.56 Å². The molecule has 2 aromatic carbocycles. The van der Waals surface area contributed by atoms with Gasteiger partial charge in [-0.15, -0.1) is 0 Å². The fourth-order valence-corrected chi connectivity index (χ4v) is 2.28. The van der Waals surface area contributed by atoms with E-state index in [1.807, 2.05) is 31.2 Å². The Morgan fingerprint density at radius 3 is 2.54 bits per heavy atom. The first kappa shape index (κ1) is 15.7. The number of aromatic nitrogens is 1. The van der Waals surface area contributed by atoms with Crippen LogP contribution in [-0.2, 0) is 0 Å². The van der Waals surface area contributed by atoms with Gasteiger partial charge in [0.25, 0.3) is 5.91 Å². The smallest absolute Gasteiger partial charge is 0.259 e. The van der Waals surface area contributed by atoms with E-state index in [4.69, 9.17) is 0 Å². The highest BCUT2D eigenvalue weighted by Gasteiger charge is 2.13. The van der Waals surface area contributed by atoms with Gasteiger partial charge in [-0.3, -0.25) is 4.79 Å². The second kappa shape index (κ2) is 6.91. The first-order chi connectivity index (χ1) is 11.6. The second-order valence-corrected chi connectivity index (χ2v) is 5.36. The van der Waals surface area contributed by atoms with E-state index < -0.39 is 0 Å². The van der Waals surface area contributed by atoms with E-state index in [9.17, 15) is 9.18 Å². The van der Waals surface area contributed by atoms with Crippen molar-refractivity contribution in [3.63, 3.8) is 0 Å². The predicted molar refractivity (Wildman–Crippen MR) is 93.1 cm³/mol. The Hall–Kier alpha value is -3.21. The summed E-state index contributed by atoms with van der Waals surface area (Å²) in [6.45, 7) is 1.96. The monoisotopic (exact) mass is 321 g/mol. The molecule has 0 bridgehead atoms. The Morgan fingerprint density at radius 2 is 1.79 bits per heavy atom. The Kier molecular flexibility index (Phi) is 4.52. The maximum absolute atomic E-state index is 13.0. The van der Waals surface area contributed by atoms with E-state index in [1.165, 1.54) is 12.1 Å². The molecule has 5 heteroatoms. The van der Waals surface area contributed by atoms with Crippen LogP contribution in [0.2, 0.25) is 0 Å². The van der Waals surface area contributed by atoms with Crippen LogP contribution < -0.4 is 10.6 Å². The van der Waals surface area contributed by atoms with Gasteiger partial charge in [0.1, 0.15) is 11.6 Å². The van der Waals surface area contributed by atoms with E-state index in [0.717, 1.165) is 11.3 Å². The molecule has 0 fully saturated rings. The van der Waals surface area contributed by atoms with Crippen molar-refractivity contribution < 1.29 is 9.18 Å². The lowest BCUT2D eigenvalue weighted by atomic mass is 10.2. The van der Waals surface area contributed by atoms with Gasteiger partial charge in [-0.2, -0.15) is 0 Å². The molecule has 0 spiro atoms. The summed E-state index contributed by atoms with van der Waals surface area (Å²) in [6, 6.07) is 16.8. The van der Waals surface area contributed by atoms with Crippen LogP contribution in [0.25, 0.3) is 0 Å². The van der Waals surface area contributed by atoms with Crippen LogP contribution in [0.15, 0.2) is 66.9 Å². The third-order valence-corrected chi connectivity index (χ3v) is 3.44. The number of hydrogen-bond acceptors (Lipinski definition) is 3. The van der Waals surface area contributed by atoms with Crippen molar-refractivity contribution in [1.29, 1.82) is 0 Å². The Labute approximate surface area is 139 Å². The van der Waals surface area contributed by atoms with Crippen molar-refractivity contribution in [2.75, 3.05) is 10.6 Å². The highest BCUT2D eigenvalue weighted by atomic mass is 19.1. The molecule has 0 aliphatic heterocycles. The number of carbonyl (C=O) groups is 1. The molecule has 120 valence electrons. The largest absolute Gasteiger partial charge is 0.340 e. The summed E-state index contributed by atoms with van der Waals surface area (Å²) < 4.78 is 13.0. The lowest BCUT2D eigenvalue weighted by molar-refractivity contribution is 0.102. The Bertz CT molecular complexity index is 862. The van der Waals surface area contributed by atoms with Crippen molar-refractivity contribution in [2.24, 2.45) is 0 Å². The lowest BCUT2D eigenvalue weighted by Gasteiger charge is -2.11. The molecule has 1 amide bonds. The third kappa shape index (κ3) is 3.76. The highest BCUT2D eigenvalue weighted by molar-refractivity contribution is 6.07. The number of amides is 1. The van der Waals surface area contributed by atoms with Crippen LogP contribution in [0.5, 0.6) is 0 Å². The van der Waals surface area contributed by atoms with E-state index in [-0.39, 0.29) is 11.7 Å². The molecule has 2 N–H and O–H groups in total. The van der Waals surface area contributed by atoms with Crippen LogP contribution in [0.1, 0.15) is 15.9 Å². The number of rotatable bonds is 4. The molecule has 24 heavy (non-hydrogen) atoms. The minimum absolute atomic E-state index is 0.265. The number of halogens is 1. The lowest BCUT2D eigenvalue weighted by Crippen LogP contribution is -2.14. The van der Waals surface area contributed by atoms with Crippen LogP contribution >= 0.6 is 0 Å².